The Kier molecular flexibility index (Phi) is 4.91. The highest BCUT2D eigenvalue weighted by molar-refractivity contribution is 5.66. The van der Waals surface area contributed by atoms with Gasteiger partial charge in [-0.3, -0.25) is 4.79 Å². The summed E-state index contributed by atoms with van der Waals surface area (Å²) in [6.45, 7) is 5.10. The predicted molar refractivity (Wildman–Crippen MR) is 103 cm³/mol. The van der Waals surface area contributed by atoms with Gasteiger partial charge in [-0.05, 0) is 111 Å². The first-order valence-corrected chi connectivity index (χ1v) is 11.2. The zero-order valence-corrected chi connectivity index (χ0v) is 16.8. The van der Waals surface area contributed by atoms with Crippen molar-refractivity contribution >= 4 is 5.97 Å². The Morgan fingerprint density at radius 2 is 1.69 bits per heavy atom. The number of carbonyl (C=O) groups is 1. The third-order valence-electron chi connectivity index (χ3n) is 9.78. The molecule has 3 nitrogen and oxygen atoms in total. The summed E-state index contributed by atoms with van der Waals surface area (Å²) in [5.74, 6) is 3.45. The third-order valence-corrected chi connectivity index (χ3v) is 9.78. The topological polar surface area (TPSA) is 57.5 Å². The number of aliphatic hydroxyl groups is 1. The van der Waals surface area contributed by atoms with Crippen LogP contribution in [0.3, 0.4) is 0 Å². The number of carboxylic acids is 1. The second-order valence-electron chi connectivity index (χ2n) is 10.7. The monoisotopic (exact) mass is 362 g/mol. The fraction of sp³-hybridized carbons (Fsp3) is 0.957. The fourth-order valence-corrected chi connectivity index (χ4v) is 8.32. The molecule has 0 radical (unpaired) electrons. The van der Waals surface area contributed by atoms with E-state index >= 15 is 0 Å². The minimum atomic E-state index is -0.640. The second kappa shape index (κ2) is 6.79. The molecule has 7 unspecified atom stereocenters. The molecule has 4 aliphatic rings. The molecule has 148 valence electrons. The van der Waals surface area contributed by atoms with Gasteiger partial charge in [0.15, 0.2) is 0 Å². The van der Waals surface area contributed by atoms with Crippen LogP contribution in [-0.4, -0.2) is 22.3 Å². The van der Waals surface area contributed by atoms with Gasteiger partial charge in [0.05, 0.1) is 6.10 Å². The van der Waals surface area contributed by atoms with E-state index in [-0.39, 0.29) is 6.10 Å². The molecule has 4 saturated carbocycles. The van der Waals surface area contributed by atoms with E-state index in [1.54, 1.807) is 0 Å². The summed E-state index contributed by atoms with van der Waals surface area (Å²) < 4.78 is 0. The standard InChI is InChI=1S/C23H38O3/c1-22-13-11-20-18(8-6-16-14-17(24)10-12-23(16,20)2)19(22)9-7-15(22)4-3-5-21(25)26/h15-20,24H,3-14H2,1-2H3,(H,25,26)/t15?,16?,17-,18?,19?,20?,22?,23?/m1/s1. The van der Waals surface area contributed by atoms with Gasteiger partial charge in [-0.15, -0.1) is 0 Å². The smallest absolute Gasteiger partial charge is 0.303 e. The van der Waals surface area contributed by atoms with E-state index in [0.717, 1.165) is 55.3 Å². The van der Waals surface area contributed by atoms with Crippen LogP contribution in [0.2, 0.25) is 0 Å². The molecule has 0 aromatic rings. The van der Waals surface area contributed by atoms with Gasteiger partial charge in [0.25, 0.3) is 0 Å². The maximum Gasteiger partial charge on any atom is 0.303 e. The molecule has 0 amide bonds. The van der Waals surface area contributed by atoms with Crippen molar-refractivity contribution in [1.29, 1.82) is 0 Å². The molecule has 0 saturated heterocycles. The molecule has 4 fully saturated rings. The summed E-state index contributed by atoms with van der Waals surface area (Å²) in [7, 11) is 0. The lowest BCUT2D eigenvalue weighted by Gasteiger charge is -2.61. The highest BCUT2D eigenvalue weighted by Gasteiger charge is 2.59. The van der Waals surface area contributed by atoms with E-state index in [1.807, 2.05) is 0 Å². The Bertz CT molecular complexity index is 546. The molecule has 0 aromatic carbocycles. The minimum absolute atomic E-state index is 0.0522. The zero-order chi connectivity index (χ0) is 18.5. The highest BCUT2D eigenvalue weighted by Crippen LogP contribution is 2.67. The van der Waals surface area contributed by atoms with Crippen LogP contribution in [0.15, 0.2) is 0 Å². The Morgan fingerprint density at radius 1 is 0.962 bits per heavy atom. The summed E-state index contributed by atoms with van der Waals surface area (Å²) in [6, 6.07) is 0. The van der Waals surface area contributed by atoms with E-state index in [1.165, 1.54) is 44.9 Å². The van der Waals surface area contributed by atoms with E-state index in [9.17, 15) is 9.90 Å². The van der Waals surface area contributed by atoms with Gasteiger partial charge >= 0.3 is 5.97 Å². The van der Waals surface area contributed by atoms with Gasteiger partial charge < -0.3 is 10.2 Å². The summed E-state index contributed by atoms with van der Waals surface area (Å²) in [5.41, 5.74) is 0.919. The van der Waals surface area contributed by atoms with Gasteiger partial charge in [0, 0.05) is 6.42 Å². The van der Waals surface area contributed by atoms with Gasteiger partial charge in [-0.1, -0.05) is 13.8 Å². The SMILES string of the molecule is CC12CCC3C(CCC4C[C@H](O)CCC43C)C1CCC2CCCC(=O)O. The van der Waals surface area contributed by atoms with Crippen LogP contribution >= 0.6 is 0 Å². The number of rotatable bonds is 4. The van der Waals surface area contributed by atoms with E-state index in [0.29, 0.717) is 17.3 Å². The van der Waals surface area contributed by atoms with E-state index in [4.69, 9.17) is 5.11 Å². The number of fused-ring (bicyclic) bond motifs is 5. The van der Waals surface area contributed by atoms with Crippen LogP contribution in [-0.2, 0) is 4.79 Å². The molecule has 26 heavy (non-hydrogen) atoms. The Labute approximate surface area is 158 Å². The first-order chi connectivity index (χ1) is 12.3. The van der Waals surface area contributed by atoms with Crippen molar-refractivity contribution in [2.24, 2.45) is 40.4 Å². The Balaban J connectivity index is 1.48. The molecule has 0 aliphatic heterocycles. The molecular weight excluding hydrogens is 324 g/mol. The average molecular weight is 363 g/mol. The molecule has 4 aliphatic carbocycles. The molecule has 0 aromatic heterocycles. The Hall–Kier alpha value is -0.570. The van der Waals surface area contributed by atoms with E-state index in [2.05, 4.69) is 13.8 Å². The quantitative estimate of drug-likeness (QED) is 0.717. The zero-order valence-electron chi connectivity index (χ0n) is 16.8. The van der Waals surface area contributed by atoms with Crippen molar-refractivity contribution in [3.8, 4) is 0 Å². The van der Waals surface area contributed by atoms with Crippen molar-refractivity contribution < 1.29 is 15.0 Å². The van der Waals surface area contributed by atoms with Crippen molar-refractivity contribution in [2.45, 2.75) is 97.0 Å². The largest absolute Gasteiger partial charge is 0.481 e. The minimum Gasteiger partial charge on any atom is -0.481 e. The first kappa shape index (κ1) is 18.8. The molecular formula is C23H38O3. The maximum absolute atomic E-state index is 10.9. The molecule has 4 rings (SSSR count). The first-order valence-electron chi connectivity index (χ1n) is 11.2. The lowest BCUT2D eigenvalue weighted by Crippen LogP contribution is -2.53. The van der Waals surface area contributed by atoms with Crippen molar-refractivity contribution in [3.05, 3.63) is 0 Å². The van der Waals surface area contributed by atoms with Crippen LogP contribution in [0.25, 0.3) is 0 Å². The number of carboxylic acid groups (broad SMARTS) is 1. The molecule has 8 atom stereocenters. The van der Waals surface area contributed by atoms with Crippen LogP contribution < -0.4 is 0 Å². The number of aliphatic hydroxyl groups excluding tert-OH is 1. The summed E-state index contributed by atoms with van der Waals surface area (Å²) >= 11 is 0. The van der Waals surface area contributed by atoms with Gasteiger partial charge in [-0.2, -0.15) is 0 Å². The lowest BCUT2D eigenvalue weighted by atomic mass is 9.44. The number of hydrogen-bond donors (Lipinski definition) is 2. The number of aliphatic carboxylic acids is 1. The van der Waals surface area contributed by atoms with Gasteiger partial charge in [0.2, 0.25) is 0 Å². The molecule has 3 heteroatoms. The van der Waals surface area contributed by atoms with Crippen LogP contribution in [0, 0.1) is 40.4 Å². The summed E-state index contributed by atoms with van der Waals surface area (Å²) in [6.07, 6.45) is 13.6. The Morgan fingerprint density at radius 3 is 2.46 bits per heavy atom. The second-order valence-corrected chi connectivity index (χ2v) is 10.7. The third kappa shape index (κ3) is 2.93. The lowest BCUT2D eigenvalue weighted by molar-refractivity contribution is -0.137. The van der Waals surface area contributed by atoms with Gasteiger partial charge in [-0.25, -0.2) is 0 Å². The molecule has 2 N–H and O–H groups in total. The van der Waals surface area contributed by atoms with Crippen LogP contribution in [0.4, 0.5) is 0 Å². The normalized spacial score (nSPS) is 50.6. The maximum atomic E-state index is 10.9. The van der Waals surface area contributed by atoms with Crippen molar-refractivity contribution in [3.63, 3.8) is 0 Å². The molecule has 0 spiro atoms. The van der Waals surface area contributed by atoms with Crippen LogP contribution in [0.5, 0.6) is 0 Å². The van der Waals surface area contributed by atoms with Gasteiger partial charge in [0.1, 0.15) is 0 Å². The van der Waals surface area contributed by atoms with Crippen molar-refractivity contribution in [2.75, 3.05) is 0 Å². The van der Waals surface area contributed by atoms with E-state index < -0.39 is 5.97 Å². The highest BCUT2D eigenvalue weighted by atomic mass is 16.4. The summed E-state index contributed by atoms with van der Waals surface area (Å²) in [4.78, 5) is 10.9. The molecule has 0 heterocycles. The molecule has 0 bridgehead atoms. The van der Waals surface area contributed by atoms with Crippen molar-refractivity contribution in [1.82, 2.24) is 0 Å². The van der Waals surface area contributed by atoms with Crippen LogP contribution in [0.1, 0.15) is 90.9 Å². The predicted octanol–water partition coefficient (Wildman–Crippen LogP) is 5.26. The number of hydrogen-bond acceptors (Lipinski definition) is 2. The average Bonchev–Trinajstić information content (AvgIpc) is 2.92. The summed E-state index contributed by atoms with van der Waals surface area (Å²) in [5, 5.41) is 19.1. The fourth-order valence-electron chi connectivity index (χ4n) is 8.32.